The van der Waals surface area contributed by atoms with E-state index >= 15 is 0 Å². The lowest BCUT2D eigenvalue weighted by atomic mass is 9.92. The van der Waals surface area contributed by atoms with E-state index < -0.39 is 30.1 Å². The zero-order valence-electron chi connectivity index (χ0n) is 18.1. The number of alkyl carbamates (subject to hydrolysis) is 1. The van der Waals surface area contributed by atoms with Gasteiger partial charge in [0.1, 0.15) is 25.0 Å². The van der Waals surface area contributed by atoms with Crippen molar-refractivity contribution >= 4 is 24.2 Å². The number of carbonyl (C=O) groups excluding carboxylic acids is 4. The van der Waals surface area contributed by atoms with Crippen LogP contribution in [0.25, 0.3) is 0 Å². The molecule has 9 nitrogen and oxygen atoms in total. The molecule has 3 rings (SSSR count). The third-order valence-electron chi connectivity index (χ3n) is 6.07. The van der Waals surface area contributed by atoms with Crippen molar-refractivity contribution in [3.63, 3.8) is 0 Å². The van der Waals surface area contributed by atoms with Crippen LogP contribution in [0.4, 0.5) is 4.79 Å². The smallest absolute Gasteiger partial charge is 0.408 e. The highest BCUT2D eigenvalue weighted by Gasteiger charge is 2.43. The van der Waals surface area contributed by atoms with Crippen LogP contribution in [0.15, 0.2) is 30.3 Å². The molecule has 2 aliphatic heterocycles. The number of benzene rings is 1. The van der Waals surface area contributed by atoms with Crippen LogP contribution < -0.4 is 10.6 Å². The normalized spacial score (nSPS) is 24.0. The minimum Gasteiger partial charge on any atom is -0.445 e. The molecule has 32 heavy (non-hydrogen) atoms. The van der Waals surface area contributed by atoms with E-state index in [9.17, 15) is 19.2 Å². The summed E-state index contributed by atoms with van der Waals surface area (Å²) in [7, 11) is 0. The number of aldehydes is 1. The number of aliphatic hydroxyl groups is 1. The number of aliphatic hydroxyl groups excluding tert-OH is 1. The Morgan fingerprint density at radius 2 is 1.88 bits per heavy atom. The molecule has 0 aliphatic carbocycles. The molecule has 9 heteroatoms. The van der Waals surface area contributed by atoms with Gasteiger partial charge in [-0.05, 0) is 50.5 Å². The molecular formula is C23H31N3O6. The first-order valence-corrected chi connectivity index (χ1v) is 11.2. The minimum absolute atomic E-state index is 0.0772. The number of fused-ring (bicyclic) bond motifs is 1. The van der Waals surface area contributed by atoms with Crippen LogP contribution in [0.1, 0.15) is 50.5 Å². The predicted molar refractivity (Wildman–Crippen MR) is 115 cm³/mol. The van der Waals surface area contributed by atoms with Crippen molar-refractivity contribution in [3.05, 3.63) is 35.9 Å². The fourth-order valence-electron chi connectivity index (χ4n) is 4.45. The van der Waals surface area contributed by atoms with E-state index in [2.05, 4.69) is 10.6 Å². The average molecular weight is 446 g/mol. The molecule has 0 saturated carbocycles. The van der Waals surface area contributed by atoms with Gasteiger partial charge < -0.3 is 30.2 Å². The Hall–Kier alpha value is -2.94. The second kappa shape index (κ2) is 11.6. The van der Waals surface area contributed by atoms with Crippen molar-refractivity contribution in [3.8, 4) is 0 Å². The maximum Gasteiger partial charge on any atom is 0.408 e. The molecule has 2 unspecified atom stereocenters. The molecule has 1 aromatic rings. The van der Waals surface area contributed by atoms with Gasteiger partial charge in [-0.3, -0.25) is 9.59 Å². The predicted octanol–water partition coefficient (Wildman–Crippen LogP) is 1.28. The number of rotatable bonds is 8. The highest BCUT2D eigenvalue weighted by Crippen LogP contribution is 2.30. The third kappa shape index (κ3) is 6.06. The molecule has 2 heterocycles. The van der Waals surface area contributed by atoms with Crippen molar-refractivity contribution in [2.75, 3.05) is 6.61 Å². The molecule has 0 spiro atoms. The van der Waals surface area contributed by atoms with Gasteiger partial charge in [0.25, 0.3) is 0 Å². The summed E-state index contributed by atoms with van der Waals surface area (Å²) in [4.78, 5) is 51.3. The Kier molecular flexibility index (Phi) is 8.61. The molecule has 3 amide bonds. The van der Waals surface area contributed by atoms with Crippen molar-refractivity contribution in [1.29, 1.82) is 0 Å². The van der Waals surface area contributed by atoms with Crippen LogP contribution in [0, 0.1) is 0 Å². The molecule has 1 aromatic carbocycles. The number of hydrogen-bond acceptors (Lipinski definition) is 6. The zero-order valence-corrected chi connectivity index (χ0v) is 18.1. The highest BCUT2D eigenvalue weighted by molar-refractivity contribution is 5.92. The van der Waals surface area contributed by atoms with E-state index in [0.29, 0.717) is 19.1 Å². The van der Waals surface area contributed by atoms with E-state index in [1.165, 1.54) is 0 Å². The third-order valence-corrected chi connectivity index (χ3v) is 6.07. The Balaban J connectivity index is 1.65. The van der Waals surface area contributed by atoms with Gasteiger partial charge in [0.05, 0.1) is 6.04 Å². The van der Waals surface area contributed by atoms with Crippen LogP contribution in [0.3, 0.4) is 0 Å². The van der Waals surface area contributed by atoms with Gasteiger partial charge in [-0.2, -0.15) is 0 Å². The van der Waals surface area contributed by atoms with Crippen molar-refractivity contribution < 1.29 is 29.0 Å². The fraction of sp³-hybridized carbons (Fsp3) is 0.565. The zero-order chi connectivity index (χ0) is 22.9. The van der Waals surface area contributed by atoms with E-state index in [4.69, 9.17) is 9.84 Å². The second-order valence-electron chi connectivity index (χ2n) is 8.30. The van der Waals surface area contributed by atoms with Crippen LogP contribution in [-0.4, -0.2) is 65.0 Å². The number of ether oxygens (including phenoxy) is 1. The topological polar surface area (TPSA) is 125 Å². The van der Waals surface area contributed by atoms with Gasteiger partial charge in [0.15, 0.2) is 0 Å². The van der Waals surface area contributed by atoms with E-state index in [0.717, 1.165) is 31.2 Å². The Morgan fingerprint density at radius 3 is 2.56 bits per heavy atom. The van der Waals surface area contributed by atoms with Gasteiger partial charge in [0.2, 0.25) is 11.8 Å². The maximum atomic E-state index is 13.4. The number of nitrogens with zero attached hydrogens (tertiary/aromatic N) is 1. The summed E-state index contributed by atoms with van der Waals surface area (Å²) in [6, 6.07) is 6.91. The highest BCUT2D eigenvalue weighted by atomic mass is 16.5. The molecule has 174 valence electrons. The molecule has 3 N–H and O–H groups in total. The fourth-order valence-corrected chi connectivity index (χ4v) is 4.45. The monoisotopic (exact) mass is 445 g/mol. The maximum absolute atomic E-state index is 13.4. The summed E-state index contributed by atoms with van der Waals surface area (Å²) in [6.45, 7) is -0.125. The first-order valence-electron chi connectivity index (χ1n) is 11.2. The van der Waals surface area contributed by atoms with Crippen molar-refractivity contribution in [1.82, 2.24) is 15.5 Å². The number of piperidine rings is 1. The molecule has 0 bridgehead atoms. The number of carbonyl (C=O) groups is 4. The van der Waals surface area contributed by atoms with Gasteiger partial charge in [0, 0.05) is 12.6 Å². The lowest BCUT2D eigenvalue weighted by Gasteiger charge is -2.41. The molecule has 2 saturated heterocycles. The van der Waals surface area contributed by atoms with Gasteiger partial charge in [-0.1, -0.05) is 30.3 Å². The first-order chi connectivity index (χ1) is 15.5. The largest absolute Gasteiger partial charge is 0.445 e. The van der Waals surface area contributed by atoms with Crippen molar-refractivity contribution in [2.45, 2.75) is 75.7 Å². The summed E-state index contributed by atoms with van der Waals surface area (Å²) in [5.74, 6) is -0.699. The lowest BCUT2D eigenvalue weighted by molar-refractivity contribution is -0.147. The summed E-state index contributed by atoms with van der Waals surface area (Å²) >= 11 is 0. The average Bonchev–Trinajstić information content (AvgIpc) is 2.96. The number of hydrogen-bond donors (Lipinski definition) is 3. The van der Waals surface area contributed by atoms with Gasteiger partial charge >= 0.3 is 6.09 Å². The molecule has 4 atom stereocenters. The van der Waals surface area contributed by atoms with Crippen LogP contribution in [0.2, 0.25) is 0 Å². The van der Waals surface area contributed by atoms with Crippen molar-refractivity contribution in [2.24, 2.45) is 0 Å². The Labute approximate surface area is 187 Å². The van der Waals surface area contributed by atoms with Gasteiger partial charge in [-0.25, -0.2) is 4.79 Å². The number of amides is 3. The van der Waals surface area contributed by atoms with E-state index in [-0.39, 0.29) is 31.6 Å². The van der Waals surface area contributed by atoms with E-state index in [1.54, 1.807) is 4.90 Å². The summed E-state index contributed by atoms with van der Waals surface area (Å²) < 4.78 is 5.26. The SMILES string of the molecule is O=CC(CCO)NC(=O)[C@@H]1CCCC2CCC[C@H](NC(=O)OCc3ccccc3)C(=O)N21. The van der Waals surface area contributed by atoms with Crippen LogP contribution in [0.5, 0.6) is 0 Å². The molecule has 2 fully saturated rings. The summed E-state index contributed by atoms with van der Waals surface area (Å²) in [5.41, 5.74) is 0.843. The van der Waals surface area contributed by atoms with Crippen LogP contribution >= 0.6 is 0 Å². The summed E-state index contributed by atoms with van der Waals surface area (Å²) in [5, 5.41) is 14.4. The molecule has 0 radical (unpaired) electrons. The molecule has 2 aliphatic rings. The Bertz CT molecular complexity index is 802. The first kappa shape index (κ1) is 23.7. The standard InChI is InChI=1S/C23H31N3O6/c27-13-12-17(14-28)24-21(29)20-11-5-9-18-8-4-10-19(22(30)26(18)20)25-23(31)32-15-16-6-2-1-3-7-16/h1-3,6-7,14,17-20,27H,4-5,8-13,15H2,(H,24,29)(H,25,31)/t17?,18?,19-,20-/m0/s1. The Morgan fingerprint density at radius 1 is 1.16 bits per heavy atom. The van der Waals surface area contributed by atoms with E-state index in [1.807, 2.05) is 30.3 Å². The molecular weight excluding hydrogens is 414 g/mol. The quantitative estimate of drug-likeness (QED) is 0.518. The van der Waals surface area contributed by atoms with Gasteiger partial charge in [-0.15, -0.1) is 0 Å². The minimum atomic E-state index is -0.795. The summed E-state index contributed by atoms with van der Waals surface area (Å²) in [6.07, 6.45) is 4.10. The number of nitrogens with one attached hydrogen (secondary N) is 2. The van der Waals surface area contributed by atoms with Crippen LogP contribution in [-0.2, 0) is 25.7 Å². The lowest BCUT2D eigenvalue weighted by Crippen LogP contribution is -2.60. The second-order valence-corrected chi connectivity index (χ2v) is 8.30. The molecule has 0 aromatic heterocycles.